The molecule has 5 nitrogen and oxygen atoms in total. The highest BCUT2D eigenvalue weighted by atomic mass is 32.1. The van der Waals surface area contributed by atoms with Crippen molar-refractivity contribution in [1.29, 1.82) is 0 Å². The Morgan fingerprint density at radius 3 is 2.38 bits per heavy atom. The van der Waals surface area contributed by atoms with Gasteiger partial charge in [-0.25, -0.2) is 13.8 Å². The van der Waals surface area contributed by atoms with Crippen molar-refractivity contribution in [2.45, 2.75) is 0 Å². The maximum Gasteiger partial charge on any atom is 0.261 e. The van der Waals surface area contributed by atoms with Crippen molar-refractivity contribution in [1.82, 2.24) is 4.98 Å². The first-order chi connectivity index (χ1) is 12.5. The summed E-state index contributed by atoms with van der Waals surface area (Å²) in [7, 11) is 2.86. The number of amides is 1. The van der Waals surface area contributed by atoms with E-state index >= 15 is 0 Å². The molecule has 0 fully saturated rings. The van der Waals surface area contributed by atoms with Crippen molar-refractivity contribution >= 4 is 22.4 Å². The zero-order chi connectivity index (χ0) is 18.7. The van der Waals surface area contributed by atoms with E-state index in [4.69, 9.17) is 9.47 Å². The van der Waals surface area contributed by atoms with E-state index in [9.17, 15) is 13.6 Å². The minimum Gasteiger partial charge on any atom is -0.496 e. The lowest BCUT2D eigenvalue weighted by Gasteiger charge is -2.08. The third-order valence-corrected chi connectivity index (χ3v) is 4.33. The SMILES string of the molecule is COc1ccc(F)cc1C(=O)Nc1nc(-c2cc(F)ccc2OC)cs1. The van der Waals surface area contributed by atoms with Gasteiger partial charge < -0.3 is 9.47 Å². The minimum atomic E-state index is -0.562. The predicted molar refractivity (Wildman–Crippen MR) is 95.0 cm³/mol. The largest absolute Gasteiger partial charge is 0.496 e. The normalized spacial score (nSPS) is 10.5. The molecule has 0 aliphatic heterocycles. The summed E-state index contributed by atoms with van der Waals surface area (Å²) in [6, 6.07) is 7.74. The Labute approximate surface area is 152 Å². The molecule has 134 valence electrons. The van der Waals surface area contributed by atoms with Gasteiger partial charge in [0.2, 0.25) is 0 Å². The summed E-state index contributed by atoms with van der Waals surface area (Å²) in [4.78, 5) is 16.7. The molecule has 0 saturated heterocycles. The summed E-state index contributed by atoms with van der Waals surface area (Å²) in [6.07, 6.45) is 0. The number of rotatable bonds is 5. The van der Waals surface area contributed by atoms with Gasteiger partial charge >= 0.3 is 0 Å². The van der Waals surface area contributed by atoms with Gasteiger partial charge in [0.15, 0.2) is 5.13 Å². The average Bonchev–Trinajstić information content (AvgIpc) is 3.10. The summed E-state index contributed by atoms with van der Waals surface area (Å²) in [6.45, 7) is 0. The third-order valence-electron chi connectivity index (χ3n) is 3.57. The summed E-state index contributed by atoms with van der Waals surface area (Å²) in [5.41, 5.74) is 0.966. The summed E-state index contributed by atoms with van der Waals surface area (Å²) in [5.74, 6) is -0.841. The molecule has 0 radical (unpaired) electrons. The molecule has 0 unspecified atom stereocenters. The lowest BCUT2D eigenvalue weighted by Crippen LogP contribution is -2.13. The number of ether oxygens (including phenoxy) is 2. The molecule has 1 aromatic heterocycles. The Morgan fingerprint density at radius 1 is 1.04 bits per heavy atom. The number of methoxy groups -OCH3 is 2. The lowest BCUT2D eigenvalue weighted by molar-refractivity contribution is 0.102. The number of halogens is 2. The Kier molecular flexibility index (Phi) is 5.13. The second-order valence-corrected chi connectivity index (χ2v) is 6.04. The van der Waals surface area contributed by atoms with Crippen LogP contribution < -0.4 is 14.8 Å². The standard InChI is InChI=1S/C18H14F2N2O3S/c1-24-15-5-3-10(19)7-12(15)14-9-26-18(21-14)22-17(23)13-8-11(20)4-6-16(13)25-2/h3-9H,1-2H3,(H,21,22,23). The van der Waals surface area contributed by atoms with Crippen LogP contribution in [0.3, 0.4) is 0 Å². The zero-order valence-electron chi connectivity index (χ0n) is 13.9. The highest BCUT2D eigenvalue weighted by molar-refractivity contribution is 7.14. The Bertz CT molecular complexity index is 959. The molecule has 0 aliphatic carbocycles. The van der Waals surface area contributed by atoms with E-state index in [0.717, 1.165) is 17.4 Å². The number of nitrogens with one attached hydrogen (secondary N) is 1. The van der Waals surface area contributed by atoms with E-state index in [2.05, 4.69) is 10.3 Å². The van der Waals surface area contributed by atoms with Crippen molar-refractivity contribution in [3.8, 4) is 22.8 Å². The molecule has 8 heteroatoms. The number of carbonyl (C=O) groups is 1. The van der Waals surface area contributed by atoms with Crippen LogP contribution >= 0.6 is 11.3 Å². The van der Waals surface area contributed by atoms with Gasteiger partial charge in [-0.05, 0) is 36.4 Å². The fraction of sp³-hybridized carbons (Fsp3) is 0.111. The highest BCUT2D eigenvalue weighted by Crippen LogP contribution is 2.33. The maximum absolute atomic E-state index is 13.5. The minimum absolute atomic E-state index is 0.0487. The van der Waals surface area contributed by atoms with Crippen LogP contribution in [0.15, 0.2) is 41.8 Å². The molecule has 0 aliphatic rings. The molecule has 1 amide bonds. The fourth-order valence-corrected chi connectivity index (χ4v) is 3.06. The molecular formula is C18H14F2N2O3S. The van der Waals surface area contributed by atoms with Crippen LogP contribution in [-0.2, 0) is 0 Å². The van der Waals surface area contributed by atoms with Crippen LogP contribution in [0.25, 0.3) is 11.3 Å². The van der Waals surface area contributed by atoms with Gasteiger partial charge in [-0.2, -0.15) is 0 Å². The summed E-state index contributed by atoms with van der Waals surface area (Å²) < 4.78 is 37.2. The molecule has 0 bridgehead atoms. The van der Waals surface area contributed by atoms with Gasteiger partial charge in [0.1, 0.15) is 23.1 Å². The van der Waals surface area contributed by atoms with Crippen LogP contribution in [0, 0.1) is 11.6 Å². The highest BCUT2D eigenvalue weighted by Gasteiger charge is 2.17. The summed E-state index contributed by atoms with van der Waals surface area (Å²) >= 11 is 1.15. The van der Waals surface area contributed by atoms with Gasteiger partial charge in [0.05, 0.1) is 25.5 Å². The van der Waals surface area contributed by atoms with E-state index in [-0.39, 0.29) is 16.4 Å². The number of nitrogens with zero attached hydrogens (tertiary/aromatic N) is 1. The second-order valence-electron chi connectivity index (χ2n) is 5.18. The molecule has 26 heavy (non-hydrogen) atoms. The van der Waals surface area contributed by atoms with E-state index in [0.29, 0.717) is 17.0 Å². The topological polar surface area (TPSA) is 60.5 Å². The van der Waals surface area contributed by atoms with E-state index in [1.165, 1.54) is 44.6 Å². The smallest absolute Gasteiger partial charge is 0.261 e. The van der Waals surface area contributed by atoms with Crippen molar-refractivity contribution in [2.75, 3.05) is 19.5 Å². The number of anilines is 1. The van der Waals surface area contributed by atoms with Gasteiger partial charge in [-0.15, -0.1) is 11.3 Å². The number of thiazole rings is 1. The fourth-order valence-electron chi connectivity index (χ4n) is 2.36. The molecule has 0 spiro atoms. The molecule has 3 aromatic rings. The van der Waals surface area contributed by atoms with Crippen LogP contribution in [0.1, 0.15) is 10.4 Å². The number of hydrogen-bond donors (Lipinski definition) is 1. The monoisotopic (exact) mass is 376 g/mol. The first-order valence-electron chi connectivity index (χ1n) is 7.46. The molecule has 2 aromatic carbocycles. The zero-order valence-corrected chi connectivity index (χ0v) is 14.7. The third kappa shape index (κ3) is 3.65. The molecule has 0 saturated carbocycles. The van der Waals surface area contributed by atoms with Crippen LogP contribution in [0.4, 0.5) is 13.9 Å². The lowest BCUT2D eigenvalue weighted by atomic mass is 10.1. The summed E-state index contributed by atoms with van der Waals surface area (Å²) in [5, 5.41) is 4.53. The van der Waals surface area contributed by atoms with Crippen molar-refractivity contribution in [3.63, 3.8) is 0 Å². The van der Waals surface area contributed by atoms with Crippen molar-refractivity contribution in [2.24, 2.45) is 0 Å². The van der Waals surface area contributed by atoms with E-state index in [1.807, 2.05) is 0 Å². The first kappa shape index (κ1) is 17.8. The van der Waals surface area contributed by atoms with Crippen LogP contribution in [-0.4, -0.2) is 25.1 Å². The number of aromatic nitrogens is 1. The Morgan fingerprint density at radius 2 is 1.69 bits per heavy atom. The number of hydrogen-bond acceptors (Lipinski definition) is 5. The molecule has 3 rings (SSSR count). The Hall–Kier alpha value is -3.00. The van der Waals surface area contributed by atoms with Gasteiger partial charge in [-0.1, -0.05) is 0 Å². The van der Waals surface area contributed by atoms with Crippen molar-refractivity contribution < 1.29 is 23.0 Å². The van der Waals surface area contributed by atoms with Crippen LogP contribution in [0.2, 0.25) is 0 Å². The maximum atomic E-state index is 13.5. The second kappa shape index (κ2) is 7.49. The molecule has 0 atom stereocenters. The molecular weight excluding hydrogens is 362 g/mol. The molecule has 1 heterocycles. The average molecular weight is 376 g/mol. The van der Waals surface area contributed by atoms with E-state index < -0.39 is 17.5 Å². The van der Waals surface area contributed by atoms with Crippen LogP contribution in [0.5, 0.6) is 11.5 Å². The van der Waals surface area contributed by atoms with Crippen molar-refractivity contribution in [3.05, 3.63) is 59.0 Å². The number of carbonyl (C=O) groups excluding carboxylic acids is 1. The molecule has 1 N–H and O–H groups in total. The quantitative estimate of drug-likeness (QED) is 0.719. The van der Waals surface area contributed by atoms with E-state index in [1.54, 1.807) is 5.38 Å². The first-order valence-corrected chi connectivity index (χ1v) is 8.34. The van der Waals surface area contributed by atoms with Gasteiger partial charge in [0.25, 0.3) is 5.91 Å². The number of benzene rings is 2. The Balaban J connectivity index is 1.87. The predicted octanol–water partition coefficient (Wildman–Crippen LogP) is 4.36. The van der Waals surface area contributed by atoms with Gasteiger partial charge in [0, 0.05) is 10.9 Å². The van der Waals surface area contributed by atoms with Gasteiger partial charge in [-0.3, -0.25) is 10.1 Å².